The van der Waals surface area contributed by atoms with Crippen LogP contribution in [0.25, 0.3) is 0 Å². The van der Waals surface area contributed by atoms with Crippen LogP contribution in [0.5, 0.6) is 17.2 Å². The summed E-state index contributed by atoms with van der Waals surface area (Å²) in [6.07, 6.45) is 3.56. The van der Waals surface area contributed by atoms with E-state index in [0.29, 0.717) is 35.8 Å². The summed E-state index contributed by atoms with van der Waals surface area (Å²) in [4.78, 5) is 24.9. The van der Waals surface area contributed by atoms with E-state index >= 15 is 0 Å². The number of hydrogen-bond donors (Lipinski definition) is 1. The normalized spacial score (nSPS) is 10.8. The van der Waals surface area contributed by atoms with E-state index in [1.165, 1.54) is 11.8 Å². The first-order chi connectivity index (χ1) is 19.5. The largest absolute Gasteiger partial charge is 0.494 e. The zero-order valence-corrected chi connectivity index (χ0v) is 22.6. The monoisotopic (exact) mass is 536 g/mol. The molecule has 0 unspecified atom stereocenters. The molecule has 204 valence electrons. The Morgan fingerprint density at radius 1 is 0.750 bits per heavy atom. The van der Waals surface area contributed by atoms with Gasteiger partial charge in [0.1, 0.15) is 23.9 Å². The molecule has 1 N–H and O–H groups in total. The fourth-order valence-electron chi connectivity index (χ4n) is 3.59. The first-order valence-electron chi connectivity index (χ1n) is 13.2. The maximum Gasteiger partial charge on any atom is 0.343 e. The molecule has 7 nitrogen and oxygen atoms in total. The van der Waals surface area contributed by atoms with Crippen LogP contribution in [-0.4, -0.2) is 24.7 Å². The molecule has 1 amide bonds. The van der Waals surface area contributed by atoms with Crippen molar-refractivity contribution in [3.05, 3.63) is 125 Å². The van der Waals surface area contributed by atoms with E-state index in [1.54, 1.807) is 72.8 Å². The van der Waals surface area contributed by atoms with E-state index in [4.69, 9.17) is 14.2 Å². The second-order valence-electron chi connectivity index (χ2n) is 9.18. The molecule has 0 aliphatic carbocycles. The molecule has 0 saturated heterocycles. The van der Waals surface area contributed by atoms with E-state index in [0.717, 1.165) is 29.7 Å². The average molecular weight is 537 g/mol. The number of unbranched alkanes of at least 4 members (excludes halogenated alkanes) is 1. The Morgan fingerprint density at radius 2 is 1.35 bits per heavy atom. The summed E-state index contributed by atoms with van der Waals surface area (Å²) in [5.41, 5.74) is 6.41. The number of ether oxygens (including phenoxy) is 3. The molecule has 0 aliphatic rings. The highest BCUT2D eigenvalue weighted by molar-refractivity contribution is 5.95. The van der Waals surface area contributed by atoms with Crippen LogP contribution in [0.1, 0.15) is 57.2 Å². The van der Waals surface area contributed by atoms with Crippen LogP contribution in [0.3, 0.4) is 0 Å². The van der Waals surface area contributed by atoms with Gasteiger partial charge in [0.2, 0.25) is 0 Å². The minimum Gasteiger partial charge on any atom is -0.494 e. The van der Waals surface area contributed by atoms with Crippen LogP contribution in [0.15, 0.2) is 102 Å². The van der Waals surface area contributed by atoms with Crippen LogP contribution >= 0.6 is 0 Å². The number of nitrogens with one attached hydrogen (secondary N) is 1. The van der Waals surface area contributed by atoms with Crippen LogP contribution in [0, 0.1) is 6.92 Å². The van der Waals surface area contributed by atoms with Gasteiger partial charge in [0.15, 0.2) is 0 Å². The first kappa shape index (κ1) is 28.1. The highest BCUT2D eigenvalue weighted by Crippen LogP contribution is 2.17. The number of rotatable bonds is 12. The number of carbonyl (C=O) groups is 2. The lowest BCUT2D eigenvalue weighted by atomic mass is 10.2. The van der Waals surface area contributed by atoms with Crippen molar-refractivity contribution in [1.29, 1.82) is 0 Å². The molecule has 0 saturated carbocycles. The summed E-state index contributed by atoms with van der Waals surface area (Å²) < 4.78 is 16.9. The maximum absolute atomic E-state index is 12.4. The highest BCUT2D eigenvalue weighted by atomic mass is 16.5. The van der Waals surface area contributed by atoms with Crippen molar-refractivity contribution in [1.82, 2.24) is 5.43 Å². The van der Waals surface area contributed by atoms with Crippen molar-refractivity contribution in [2.24, 2.45) is 5.10 Å². The Balaban J connectivity index is 1.22. The zero-order chi connectivity index (χ0) is 28.2. The molecule has 0 bridgehead atoms. The van der Waals surface area contributed by atoms with Gasteiger partial charge in [-0.1, -0.05) is 43.2 Å². The molecular formula is C33H32N2O5. The van der Waals surface area contributed by atoms with Gasteiger partial charge in [-0.2, -0.15) is 5.10 Å². The summed E-state index contributed by atoms with van der Waals surface area (Å²) in [6, 6.07) is 28.7. The lowest BCUT2D eigenvalue weighted by molar-refractivity contribution is 0.0734. The standard InChI is InChI=1S/C33H32N2O5/c1-3-4-21-38-29-19-13-28(14-20-29)33(37)40-31-15-9-25(10-16-31)22-34-35-32(36)27-11-17-30(18-12-27)39-23-26-7-5-24(2)6-8-26/h5-20,22H,3-4,21,23H2,1-2H3,(H,35,36). The quantitative estimate of drug-likeness (QED) is 0.0713. The molecule has 7 heteroatoms. The molecule has 40 heavy (non-hydrogen) atoms. The number of amides is 1. The predicted octanol–water partition coefficient (Wildman–Crippen LogP) is 6.74. The third-order valence-electron chi connectivity index (χ3n) is 5.97. The van der Waals surface area contributed by atoms with E-state index in [2.05, 4.69) is 17.5 Å². The molecular weight excluding hydrogens is 504 g/mol. The Kier molecular flexibility index (Phi) is 10.0. The third-order valence-corrected chi connectivity index (χ3v) is 5.97. The van der Waals surface area contributed by atoms with Crippen molar-refractivity contribution in [2.75, 3.05) is 6.61 Å². The fraction of sp³-hybridized carbons (Fsp3) is 0.182. The number of carbonyl (C=O) groups excluding carboxylic acids is 2. The molecule has 0 heterocycles. The lowest BCUT2D eigenvalue weighted by Gasteiger charge is -2.07. The van der Waals surface area contributed by atoms with Gasteiger partial charge in [-0.25, -0.2) is 10.2 Å². The number of hydrogen-bond acceptors (Lipinski definition) is 6. The van der Waals surface area contributed by atoms with Gasteiger partial charge in [0, 0.05) is 5.56 Å². The van der Waals surface area contributed by atoms with Gasteiger partial charge in [-0.3, -0.25) is 4.79 Å². The van der Waals surface area contributed by atoms with Gasteiger partial charge in [-0.05, 0) is 97.3 Å². The number of esters is 1. The summed E-state index contributed by atoms with van der Waals surface area (Å²) in [5, 5.41) is 4.02. The van der Waals surface area contributed by atoms with Crippen molar-refractivity contribution < 1.29 is 23.8 Å². The molecule has 0 spiro atoms. The second-order valence-corrected chi connectivity index (χ2v) is 9.18. The van der Waals surface area contributed by atoms with Crippen molar-refractivity contribution in [2.45, 2.75) is 33.3 Å². The lowest BCUT2D eigenvalue weighted by Crippen LogP contribution is -2.17. The maximum atomic E-state index is 12.4. The van der Waals surface area contributed by atoms with Crippen LogP contribution in [0.2, 0.25) is 0 Å². The summed E-state index contributed by atoms with van der Waals surface area (Å²) >= 11 is 0. The average Bonchev–Trinajstić information content (AvgIpc) is 2.98. The van der Waals surface area contributed by atoms with Gasteiger partial charge in [0.25, 0.3) is 5.91 Å². The van der Waals surface area contributed by atoms with E-state index < -0.39 is 5.97 Å². The Morgan fingerprint density at radius 3 is 2.00 bits per heavy atom. The van der Waals surface area contributed by atoms with Gasteiger partial charge in [-0.15, -0.1) is 0 Å². The first-order valence-corrected chi connectivity index (χ1v) is 13.2. The highest BCUT2D eigenvalue weighted by Gasteiger charge is 2.09. The molecule has 4 aromatic rings. The van der Waals surface area contributed by atoms with Crippen LogP contribution in [0.4, 0.5) is 0 Å². The summed E-state index contributed by atoms with van der Waals surface area (Å²) in [5.74, 6) is 1.00. The number of hydrazone groups is 1. The molecule has 0 radical (unpaired) electrons. The fourth-order valence-corrected chi connectivity index (χ4v) is 3.59. The van der Waals surface area contributed by atoms with Gasteiger partial charge >= 0.3 is 5.97 Å². The SMILES string of the molecule is CCCCOc1ccc(C(=O)Oc2ccc(C=NNC(=O)c3ccc(OCc4ccc(C)cc4)cc3)cc2)cc1. The minimum absolute atomic E-state index is 0.339. The molecule has 4 rings (SSSR count). The number of aryl methyl sites for hydroxylation is 1. The zero-order valence-electron chi connectivity index (χ0n) is 22.6. The van der Waals surface area contributed by atoms with Gasteiger partial charge in [0.05, 0.1) is 18.4 Å². The Labute approximate surface area is 234 Å². The summed E-state index contributed by atoms with van der Waals surface area (Å²) in [7, 11) is 0. The van der Waals surface area contributed by atoms with Crippen molar-refractivity contribution >= 4 is 18.1 Å². The van der Waals surface area contributed by atoms with Crippen molar-refractivity contribution in [3.63, 3.8) is 0 Å². The summed E-state index contributed by atoms with van der Waals surface area (Å²) in [6.45, 7) is 5.25. The Hall–Kier alpha value is -4.91. The smallest absolute Gasteiger partial charge is 0.343 e. The molecule has 0 fully saturated rings. The van der Waals surface area contributed by atoms with E-state index in [1.807, 2.05) is 31.2 Å². The van der Waals surface area contributed by atoms with Crippen molar-refractivity contribution in [3.8, 4) is 17.2 Å². The molecule has 4 aromatic carbocycles. The van der Waals surface area contributed by atoms with Gasteiger partial charge < -0.3 is 14.2 Å². The third kappa shape index (κ3) is 8.56. The number of nitrogens with zero attached hydrogens (tertiary/aromatic N) is 1. The number of benzene rings is 4. The topological polar surface area (TPSA) is 86.2 Å². The Bertz CT molecular complexity index is 1410. The minimum atomic E-state index is -0.458. The second kappa shape index (κ2) is 14.3. The van der Waals surface area contributed by atoms with E-state index in [-0.39, 0.29) is 5.91 Å². The van der Waals surface area contributed by atoms with Crippen LogP contribution < -0.4 is 19.6 Å². The van der Waals surface area contributed by atoms with E-state index in [9.17, 15) is 9.59 Å². The van der Waals surface area contributed by atoms with Crippen LogP contribution in [-0.2, 0) is 6.61 Å². The molecule has 0 aliphatic heterocycles. The predicted molar refractivity (Wildman–Crippen MR) is 155 cm³/mol. The molecule has 0 aromatic heterocycles. The molecule has 0 atom stereocenters.